The van der Waals surface area contributed by atoms with Crippen molar-refractivity contribution in [2.24, 2.45) is 5.84 Å². The number of hydrogen-bond acceptors (Lipinski definition) is 2. The number of nitrogens with one attached hydrogen (secondary N) is 1. The van der Waals surface area contributed by atoms with Crippen molar-refractivity contribution in [3.05, 3.63) is 0 Å². The molecular formula is C9H22N2. The van der Waals surface area contributed by atoms with Crippen LogP contribution < -0.4 is 11.3 Å². The molecule has 0 heterocycles. The average Bonchev–Trinajstić information content (AvgIpc) is 2.10. The Labute approximate surface area is 70.5 Å². The lowest BCUT2D eigenvalue weighted by Gasteiger charge is -2.05. The molecule has 1 rings (SSSR count). The van der Waals surface area contributed by atoms with Gasteiger partial charge in [0.25, 0.3) is 0 Å². The summed E-state index contributed by atoms with van der Waals surface area (Å²) in [4.78, 5) is 0. The highest BCUT2D eigenvalue weighted by molar-refractivity contribution is 4.51. The molecule has 0 aliphatic heterocycles. The van der Waals surface area contributed by atoms with Crippen LogP contribution in [-0.2, 0) is 0 Å². The summed E-state index contributed by atoms with van der Waals surface area (Å²) in [5, 5.41) is 0. The molecule has 0 unspecified atom stereocenters. The molecule has 0 aromatic rings. The second-order valence-electron chi connectivity index (χ2n) is 3.08. The SMILES string of the molecule is C1CCCCC1.CCCNN. The lowest BCUT2D eigenvalue weighted by molar-refractivity contribution is 0.504. The van der Waals surface area contributed by atoms with Crippen molar-refractivity contribution in [3.8, 4) is 0 Å². The van der Waals surface area contributed by atoms with Crippen molar-refractivity contribution in [1.29, 1.82) is 0 Å². The molecule has 1 fully saturated rings. The third-order valence-corrected chi connectivity index (χ3v) is 1.89. The van der Waals surface area contributed by atoms with E-state index in [1.807, 2.05) is 0 Å². The summed E-state index contributed by atoms with van der Waals surface area (Å²) in [6.07, 6.45) is 10.1. The van der Waals surface area contributed by atoms with Crippen LogP contribution >= 0.6 is 0 Å². The topological polar surface area (TPSA) is 38.0 Å². The van der Waals surface area contributed by atoms with Gasteiger partial charge in [-0.25, -0.2) is 0 Å². The first-order chi connectivity index (χ1) is 5.41. The molecule has 68 valence electrons. The van der Waals surface area contributed by atoms with Gasteiger partial charge in [-0.2, -0.15) is 0 Å². The van der Waals surface area contributed by atoms with Crippen LogP contribution in [-0.4, -0.2) is 6.54 Å². The van der Waals surface area contributed by atoms with E-state index < -0.39 is 0 Å². The first kappa shape index (κ1) is 10.9. The monoisotopic (exact) mass is 158 g/mol. The second kappa shape index (κ2) is 9.92. The van der Waals surface area contributed by atoms with E-state index in [9.17, 15) is 0 Å². The van der Waals surface area contributed by atoms with Gasteiger partial charge in [0.1, 0.15) is 0 Å². The maximum Gasteiger partial charge on any atom is 0.00947 e. The molecule has 0 radical (unpaired) electrons. The largest absolute Gasteiger partial charge is 0.271 e. The van der Waals surface area contributed by atoms with Crippen LogP contribution in [0.15, 0.2) is 0 Å². The zero-order valence-corrected chi connectivity index (χ0v) is 7.73. The van der Waals surface area contributed by atoms with Crippen molar-refractivity contribution >= 4 is 0 Å². The first-order valence-electron chi connectivity index (χ1n) is 4.85. The molecule has 3 N–H and O–H groups in total. The van der Waals surface area contributed by atoms with Crippen molar-refractivity contribution in [3.63, 3.8) is 0 Å². The summed E-state index contributed by atoms with van der Waals surface area (Å²) in [5.74, 6) is 4.89. The lowest BCUT2D eigenvalue weighted by Crippen LogP contribution is -2.21. The number of hydrazine groups is 1. The summed E-state index contributed by atoms with van der Waals surface area (Å²) in [5.41, 5.74) is 2.52. The maximum atomic E-state index is 4.89. The summed E-state index contributed by atoms with van der Waals surface area (Å²) in [6.45, 7) is 2.99. The third kappa shape index (κ3) is 9.92. The van der Waals surface area contributed by atoms with E-state index in [1.54, 1.807) is 0 Å². The molecule has 0 aromatic heterocycles. The van der Waals surface area contributed by atoms with E-state index in [-0.39, 0.29) is 0 Å². The normalized spacial score (nSPS) is 16.9. The van der Waals surface area contributed by atoms with E-state index in [0.29, 0.717) is 0 Å². The summed E-state index contributed by atoms with van der Waals surface area (Å²) >= 11 is 0. The number of rotatable bonds is 2. The molecule has 0 saturated heterocycles. The zero-order valence-electron chi connectivity index (χ0n) is 7.73. The van der Waals surface area contributed by atoms with E-state index >= 15 is 0 Å². The Kier molecular flexibility index (Phi) is 9.85. The fourth-order valence-corrected chi connectivity index (χ4v) is 1.20. The van der Waals surface area contributed by atoms with Crippen molar-refractivity contribution in [2.75, 3.05) is 6.54 Å². The van der Waals surface area contributed by atoms with Gasteiger partial charge in [0.15, 0.2) is 0 Å². The minimum atomic E-state index is 0.917. The molecular weight excluding hydrogens is 136 g/mol. The smallest absolute Gasteiger partial charge is 0.00947 e. The van der Waals surface area contributed by atoms with E-state index in [1.165, 1.54) is 38.5 Å². The minimum Gasteiger partial charge on any atom is -0.271 e. The molecule has 2 nitrogen and oxygen atoms in total. The molecule has 11 heavy (non-hydrogen) atoms. The molecule has 0 bridgehead atoms. The van der Waals surface area contributed by atoms with Gasteiger partial charge in [0, 0.05) is 6.54 Å². The van der Waals surface area contributed by atoms with Crippen LogP contribution in [0.3, 0.4) is 0 Å². The van der Waals surface area contributed by atoms with Crippen LogP contribution in [0.2, 0.25) is 0 Å². The van der Waals surface area contributed by atoms with Crippen LogP contribution in [0.1, 0.15) is 51.9 Å². The van der Waals surface area contributed by atoms with Gasteiger partial charge in [-0.1, -0.05) is 45.4 Å². The van der Waals surface area contributed by atoms with Crippen molar-refractivity contribution in [2.45, 2.75) is 51.9 Å². The average molecular weight is 158 g/mol. The van der Waals surface area contributed by atoms with Gasteiger partial charge in [0.2, 0.25) is 0 Å². The fraction of sp³-hybridized carbons (Fsp3) is 1.00. The van der Waals surface area contributed by atoms with Gasteiger partial charge in [-0.3, -0.25) is 11.3 Å². The Balaban J connectivity index is 0.000000187. The van der Waals surface area contributed by atoms with E-state index in [2.05, 4.69) is 12.3 Å². The van der Waals surface area contributed by atoms with Gasteiger partial charge in [-0.15, -0.1) is 0 Å². The van der Waals surface area contributed by atoms with Gasteiger partial charge < -0.3 is 0 Å². The zero-order chi connectivity index (χ0) is 8.36. The number of nitrogens with two attached hydrogens (primary N) is 1. The standard InChI is InChI=1S/C6H12.C3H10N2/c1-2-4-6-5-3-1;1-2-3-5-4/h1-6H2;5H,2-4H2,1H3. The summed E-state index contributed by atoms with van der Waals surface area (Å²) in [6, 6.07) is 0. The second-order valence-corrected chi connectivity index (χ2v) is 3.08. The van der Waals surface area contributed by atoms with Gasteiger partial charge in [0.05, 0.1) is 0 Å². The Bertz CT molecular complexity index is 47.1. The lowest BCUT2D eigenvalue weighted by atomic mass is 10.0. The molecule has 0 aromatic carbocycles. The molecule has 0 amide bonds. The van der Waals surface area contributed by atoms with Gasteiger partial charge in [-0.05, 0) is 6.42 Å². The summed E-state index contributed by atoms with van der Waals surface area (Å²) < 4.78 is 0. The molecule has 0 atom stereocenters. The Morgan fingerprint density at radius 3 is 1.45 bits per heavy atom. The fourth-order valence-electron chi connectivity index (χ4n) is 1.20. The quantitative estimate of drug-likeness (QED) is 0.477. The molecule has 2 heteroatoms. The van der Waals surface area contributed by atoms with E-state index in [0.717, 1.165) is 13.0 Å². The molecule has 1 aliphatic rings. The predicted octanol–water partition coefficient (Wildman–Crippen LogP) is 2.20. The Morgan fingerprint density at radius 2 is 1.36 bits per heavy atom. The number of hydrogen-bond donors (Lipinski definition) is 2. The molecule has 1 aliphatic carbocycles. The van der Waals surface area contributed by atoms with Crippen molar-refractivity contribution < 1.29 is 0 Å². The highest BCUT2D eigenvalue weighted by Crippen LogP contribution is 2.15. The molecule has 0 spiro atoms. The minimum absolute atomic E-state index is 0.917. The highest BCUT2D eigenvalue weighted by atomic mass is 15.2. The third-order valence-electron chi connectivity index (χ3n) is 1.89. The summed E-state index contributed by atoms with van der Waals surface area (Å²) in [7, 11) is 0. The van der Waals surface area contributed by atoms with E-state index in [4.69, 9.17) is 5.84 Å². The van der Waals surface area contributed by atoms with Crippen molar-refractivity contribution in [1.82, 2.24) is 5.43 Å². The predicted molar refractivity (Wildman–Crippen MR) is 50.2 cm³/mol. The maximum absolute atomic E-state index is 4.89. The van der Waals surface area contributed by atoms with Crippen LogP contribution in [0.4, 0.5) is 0 Å². The van der Waals surface area contributed by atoms with Gasteiger partial charge >= 0.3 is 0 Å². The van der Waals surface area contributed by atoms with Crippen LogP contribution in [0.5, 0.6) is 0 Å². The first-order valence-corrected chi connectivity index (χ1v) is 4.85. The highest BCUT2D eigenvalue weighted by Gasteiger charge is 1.95. The van der Waals surface area contributed by atoms with Crippen LogP contribution in [0, 0.1) is 0 Å². The van der Waals surface area contributed by atoms with Crippen LogP contribution in [0.25, 0.3) is 0 Å². The Morgan fingerprint density at radius 1 is 1.00 bits per heavy atom. The molecule has 1 saturated carbocycles. The Hall–Kier alpha value is -0.0800.